The second-order valence-corrected chi connectivity index (χ2v) is 4.94. The Balaban J connectivity index is 1.93. The number of hydrogen-bond donors (Lipinski definition) is 2. The second-order valence-electron chi connectivity index (χ2n) is 4.94. The molecule has 2 N–H and O–H groups in total. The number of nitrogens with one attached hydrogen (secondary N) is 2. The maximum atomic E-state index is 3.71. The molecule has 1 saturated heterocycles. The van der Waals surface area contributed by atoms with E-state index in [4.69, 9.17) is 0 Å². The van der Waals surface area contributed by atoms with E-state index < -0.39 is 0 Å². The molecule has 76 valence electrons. The van der Waals surface area contributed by atoms with Gasteiger partial charge in [0, 0.05) is 12.1 Å². The highest BCUT2D eigenvalue weighted by molar-refractivity contribution is 4.93. The summed E-state index contributed by atoms with van der Waals surface area (Å²) in [4.78, 5) is 0. The van der Waals surface area contributed by atoms with Crippen LogP contribution in [0.2, 0.25) is 0 Å². The van der Waals surface area contributed by atoms with E-state index in [0.717, 1.165) is 17.9 Å². The lowest BCUT2D eigenvalue weighted by Crippen LogP contribution is -2.45. The van der Waals surface area contributed by atoms with Crippen molar-refractivity contribution in [2.45, 2.75) is 45.2 Å². The molecular formula is C11H22N2. The topological polar surface area (TPSA) is 24.1 Å². The van der Waals surface area contributed by atoms with Crippen LogP contribution in [0.25, 0.3) is 0 Å². The van der Waals surface area contributed by atoms with Gasteiger partial charge in [-0.15, -0.1) is 0 Å². The van der Waals surface area contributed by atoms with Gasteiger partial charge in [0.05, 0.1) is 0 Å². The summed E-state index contributed by atoms with van der Waals surface area (Å²) in [5.74, 6) is 1.88. The molecule has 0 aromatic carbocycles. The smallest absolute Gasteiger partial charge is 0.0113 e. The fourth-order valence-corrected chi connectivity index (χ4v) is 2.99. The first-order chi connectivity index (χ1) is 6.27. The highest BCUT2D eigenvalue weighted by Gasteiger charge is 2.36. The molecule has 2 rings (SSSR count). The quantitative estimate of drug-likeness (QED) is 0.674. The van der Waals surface area contributed by atoms with Gasteiger partial charge in [-0.2, -0.15) is 0 Å². The zero-order valence-corrected chi connectivity index (χ0v) is 8.84. The summed E-state index contributed by atoms with van der Waals surface area (Å²) >= 11 is 0. The van der Waals surface area contributed by atoms with Crippen molar-refractivity contribution >= 4 is 0 Å². The van der Waals surface area contributed by atoms with Crippen LogP contribution in [0.1, 0.15) is 33.1 Å². The molecule has 1 aliphatic carbocycles. The molecule has 2 heteroatoms. The van der Waals surface area contributed by atoms with Crippen molar-refractivity contribution in [2.75, 3.05) is 13.1 Å². The minimum atomic E-state index is 0.643. The zero-order chi connectivity index (χ0) is 9.26. The SMILES string of the molecule is CC(C)NC1CCCC2CNCC21. The standard InChI is InChI=1S/C11H22N2/c1-8(2)13-11-5-3-4-9-6-12-7-10(9)11/h8-13H,3-7H2,1-2H3. The van der Waals surface area contributed by atoms with Gasteiger partial charge in [0.25, 0.3) is 0 Å². The van der Waals surface area contributed by atoms with Gasteiger partial charge < -0.3 is 10.6 Å². The first kappa shape index (κ1) is 9.47. The molecule has 0 spiro atoms. The van der Waals surface area contributed by atoms with Gasteiger partial charge in [0.15, 0.2) is 0 Å². The van der Waals surface area contributed by atoms with E-state index in [1.807, 2.05) is 0 Å². The van der Waals surface area contributed by atoms with E-state index in [1.54, 1.807) is 0 Å². The predicted octanol–water partition coefficient (Wildman–Crippen LogP) is 1.37. The molecule has 1 saturated carbocycles. The van der Waals surface area contributed by atoms with Crippen LogP contribution in [-0.2, 0) is 0 Å². The van der Waals surface area contributed by atoms with Gasteiger partial charge in [0.2, 0.25) is 0 Å². The lowest BCUT2D eigenvalue weighted by molar-refractivity contribution is 0.214. The van der Waals surface area contributed by atoms with E-state index in [0.29, 0.717) is 6.04 Å². The summed E-state index contributed by atoms with van der Waals surface area (Å²) in [6, 6.07) is 1.43. The summed E-state index contributed by atoms with van der Waals surface area (Å²) in [5, 5.41) is 7.24. The molecular weight excluding hydrogens is 160 g/mol. The van der Waals surface area contributed by atoms with Crippen LogP contribution in [0.5, 0.6) is 0 Å². The third-order valence-corrected chi connectivity index (χ3v) is 3.55. The summed E-state index contributed by atoms with van der Waals surface area (Å²) in [6.45, 7) is 7.02. The normalized spacial score (nSPS) is 39.5. The van der Waals surface area contributed by atoms with Crippen molar-refractivity contribution in [1.82, 2.24) is 10.6 Å². The molecule has 3 atom stereocenters. The number of fused-ring (bicyclic) bond motifs is 1. The Morgan fingerprint density at radius 2 is 2.08 bits per heavy atom. The molecule has 0 aromatic heterocycles. The summed E-state index contributed by atoms with van der Waals surface area (Å²) < 4.78 is 0. The first-order valence-corrected chi connectivity index (χ1v) is 5.74. The lowest BCUT2D eigenvalue weighted by atomic mass is 9.78. The fourth-order valence-electron chi connectivity index (χ4n) is 2.99. The Labute approximate surface area is 81.5 Å². The maximum absolute atomic E-state index is 3.71. The summed E-state index contributed by atoms with van der Waals surface area (Å²) in [5.41, 5.74) is 0. The minimum absolute atomic E-state index is 0.643. The second kappa shape index (κ2) is 3.97. The largest absolute Gasteiger partial charge is 0.316 e. The highest BCUT2D eigenvalue weighted by Crippen LogP contribution is 2.32. The first-order valence-electron chi connectivity index (χ1n) is 5.74. The Kier molecular flexibility index (Phi) is 2.89. The van der Waals surface area contributed by atoms with Gasteiger partial charge in [0.1, 0.15) is 0 Å². The van der Waals surface area contributed by atoms with Crippen molar-refractivity contribution in [2.24, 2.45) is 11.8 Å². The van der Waals surface area contributed by atoms with E-state index >= 15 is 0 Å². The average molecular weight is 182 g/mol. The molecule has 1 aliphatic heterocycles. The van der Waals surface area contributed by atoms with E-state index in [2.05, 4.69) is 24.5 Å². The molecule has 0 aromatic rings. The van der Waals surface area contributed by atoms with Gasteiger partial charge in [-0.3, -0.25) is 0 Å². The van der Waals surface area contributed by atoms with E-state index in [1.165, 1.54) is 32.4 Å². The van der Waals surface area contributed by atoms with Crippen LogP contribution in [0, 0.1) is 11.8 Å². The zero-order valence-electron chi connectivity index (χ0n) is 8.84. The third kappa shape index (κ3) is 2.05. The van der Waals surface area contributed by atoms with E-state index in [-0.39, 0.29) is 0 Å². The van der Waals surface area contributed by atoms with Crippen molar-refractivity contribution < 1.29 is 0 Å². The Bertz CT molecular complexity index is 167. The molecule has 13 heavy (non-hydrogen) atoms. The summed E-state index contributed by atoms with van der Waals surface area (Å²) in [6.07, 6.45) is 4.27. The van der Waals surface area contributed by atoms with Crippen LogP contribution in [-0.4, -0.2) is 25.2 Å². The molecule has 1 heterocycles. The van der Waals surface area contributed by atoms with Gasteiger partial charge in [-0.05, 0) is 37.8 Å². The number of rotatable bonds is 2. The fraction of sp³-hybridized carbons (Fsp3) is 1.00. The van der Waals surface area contributed by atoms with Gasteiger partial charge in [-0.25, -0.2) is 0 Å². The van der Waals surface area contributed by atoms with Crippen LogP contribution in [0.3, 0.4) is 0 Å². The van der Waals surface area contributed by atoms with Crippen molar-refractivity contribution in [1.29, 1.82) is 0 Å². The van der Waals surface area contributed by atoms with Gasteiger partial charge in [-0.1, -0.05) is 20.3 Å². The average Bonchev–Trinajstić information content (AvgIpc) is 2.51. The summed E-state index contributed by atoms with van der Waals surface area (Å²) in [7, 11) is 0. The Morgan fingerprint density at radius 3 is 2.85 bits per heavy atom. The van der Waals surface area contributed by atoms with Gasteiger partial charge >= 0.3 is 0 Å². The monoisotopic (exact) mass is 182 g/mol. The van der Waals surface area contributed by atoms with Crippen LogP contribution >= 0.6 is 0 Å². The number of hydrogen-bond acceptors (Lipinski definition) is 2. The van der Waals surface area contributed by atoms with Crippen LogP contribution in [0.15, 0.2) is 0 Å². The Hall–Kier alpha value is -0.0800. The predicted molar refractivity (Wildman–Crippen MR) is 55.8 cm³/mol. The lowest BCUT2D eigenvalue weighted by Gasteiger charge is -2.35. The molecule has 3 unspecified atom stereocenters. The van der Waals surface area contributed by atoms with Crippen molar-refractivity contribution in [3.63, 3.8) is 0 Å². The third-order valence-electron chi connectivity index (χ3n) is 3.55. The van der Waals surface area contributed by atoms with E-state index in [9.17, 15) is 0 Å². The Morgan fingerprint density at radius 1 is 1.23 bits per heavy atom. The van der Waals surface area contributed by atoms with Crippen LogP contribution < -0.4 is 10.6 Å². The van der Waals surface area contributed by atoms with Crippen molar-refractivity contribution in [3.05, 3.63) is 0 Å². The minimum Gasteiger partial charge on any atom is -0.316 e. The molecule has 0 amide bonds. The van der Waals surface area contributed by atoms with Crippen molar-refractivity contribution in [3.8, 4) is 0 Å². The molecule has 2 fully saturated rings. The molecule has 0 radical (unpaired) electrons. The molecule has 0 bridgehead atoms. The highest BCUT2D eigenvalue weighted by atomic mass is 15.0. The molecule has 2 nitrogen and oxygen atoms in total. The van der Waals surface area contributed by atoms with Crippen LogP contribution in [0.4, 0.5) is 0 Å². The maximum Gasteiger partial charge on any atom is 0.0113 e. The molecule has 2 aliphatic rings.